The van der Waals surface area contributed by atoms with Crippen LogP contribution in [0.2, 0.25) is 0 Å². The average molecular weight is 538 g/mol. The van der Waals surface area contributed by atoms with Crippen LogP contribution in [0.4, 0.5) is 0 Å². The van der Waals surface area contributed by atoms with E-state index in [2.05, 4.69) is 0 Å². The number of carboxylic acids is 5. The van der Waals surface area contributed by atoms with Gasteiger partial charge in [0.15, 0.2) is 0 Å². The lowest BCUT2D eigenvalue weighted by atomic mass is 9.87. The van der Waals surface area contributed by atoms with Gasteiger partial charge < -0.3 is 25.5 Å². The van der Waals surface area contributed by atoms with Crippen LogP contribution < -0.4 is 0 Å². The first-order valence-electron chi connectivity index (χ1n) is 12.3. The number of carboxylic acid groups (broad SMARTS) is 5. The minimum atomic E-state index is -1.24. The van der Waals surface area contributed by atoms with Gasteiger partial charge in [0.2, 0.25) is 0 Å². The maximum atomic E-state index is 11.9. The molecule has 38 heavy (non-hydrogen) atoms. The Bertz CT molecular complexity index is 941. The number of nitrogens with zero attached hydrogens (tertiary/aromatic N) is 3. The lowest BCUT2D eigenvalue weighted by Crippen LogP contribution is -2.59. The zero-order valence-corrected chi connectivity index (χ0v) is 21.0. The summed E-state index contributed by atoms with van der Waals surface area (Å²) in [6.45, 7) is -2.71. The van der Waals surface area contributed by atoms with Gasteiger partial charge in [-0.15, -0.1) is 0 Å². The Morgan fingerprint density at radius 2 is 1.08 bits per heavy atom. The summed E-state index contributed by atoms with van der Waals surface area (Å²) in [5, 5.41) is 47.4. The van der Waals surface area contributed by atoms with Crippen LogP contribution in [-0.4, -0.2) is 127 Å². The summed E-state index contributed by atoms with van der Waals surface area (Å²) in [5.74, 6) is -6.07. The van der Waals surface area contributed by atoms with E-state index >= 15 is 0 Å². The van der Waals surface area contributed by atoms with Gasteiger partial charge in [-0.3, -0.25) is 38.7 Å². The highest BCUT2D eigenvalue weighted by Gasteiger charge is 2.38. The summed E-state index contributed by atoms with van der Waals surface area (Å²) in [5.41, 5.74) is 0.798. The molecule has 0 unspecified atom stereocenters. The van der Waals surface area contributed by atoms with Crippen molar-refractivity contribution in [3.8, 4) is 0 Å². The van der Waals surface area contributed by atoms with Crippen LogP contribution in [0.15, 0.2) is 30.3 Å². The van der Waals surface area contributed by atoms with Crippen molar-refractivity contribution in [2.75, 3.05) is 39.3 Å². The Kier molecular flexibility index (Phi) is 12.1. The van der Waals surface area contributed by atoms with Gasteiger partial charge in [-0.25, -0.2) is 0 Å². The molecule has 1 aromatic rings. The highest BCUT2D eigenvalue weighted by Crippen LogP contribution is 2.28. The normalized spacial score (nSPS) is 18.4. The zero-order valence-electron chi connectivity index (χ0n) is 21.0. The summed E-state index contributed by atoms with van der Waals surface area (Å²) in [6.07, 6.45) is 2.59. The first-order valence-corrected chi connectivity index (χ1v) is 12.3. The van der Waals surface area contributed by atoms with Gasteiger partial charge in [0.1, 0.15) is 0 Å². The maximum absolute atomic E-state index is 11.9. The van der Waals surface area contributed by atoms with Gasteiger partial charge in [0.25, 0.3) is 0 Å². The minimum Gasteiger partial charge on any atom is -0.480 e. The van der Waals surface area contributed by atoms with Gasteiger partial charge in [-0.05, 0) is 24.8 Å². The number of rotatable bonds is 17. The van der Waals surface area contributed by atoms with Gasteiger partial charge in [-0.1, -0.05) is 43.2 Å². The van der Waals surface area contributed by atoms with Crippen molar-refractivity contribution in [1.29, 1.82) is 0 Å². The predicted octanol–water partition coefficient (Wildman–Crippen LogP) is 0.238. The number of hydrogen-bond acceptors (Lipinski definition) is 8. The van der Waals surface area contributed by atoms with Gasteiger partial charge >= 0.3 is 29.8 Å². The molecule has 0 bridgehead atoms. The summed E-state index contributed by atoms with van der Waals surface area (Å²) in [4.78, 5) is 62.3. The van der Waals surface area contributed by atoms with E-state index in [1.54, 1.807) is 35.2 Å². The number of carbonyl (C=O) groups is 5. The van der Waals surface area contributed by atoms with Crippen molar-refractivity contribution >= 4 is 29.8 Å². The van der Waals surface area contributed by atoms with Crippen LogP contribution in [-0.2, 0) is 30.4 Å². The molecule has 2 rings (SSSR count). The minimum absolute atomic E-state index is 0.0170. The van der Waals surface area contributed by atoms with E-state index < -0.39 is 80.7 Å². The van der Waals surface area contributed by atoms with Crippen LogP contribution in [0, 0.1) is 0 Å². The number of benzene rings is 1. The molecule has 1 aromatic carbocycles. The van der Waals surface area contributed by atoms with E-state index in [-0.39, 0.29) is 13.0 Å². The molecule has 0 spiro atoms. The fourth-order valence-electron chi connectivity index (χ4n) is 5.20. The Morgan fingerprint density at radius 3 is 1.53 bits per heavy atom. The highest BCUT2D eigenvalue weighted by atomic mass is 16.4. The molecule has 0 radical (unpaired) electrons. The fraction of sp³-hybridized carbons (Fsp3) is 0.560. The van der Waals surface area contributed by atoms with Crippen molar-refractivity contribution in [1.82, 2.24) is 14.7 Å². The fourth-order valence-corrected chi connectivity index (χ4v) is 5.20. The van der Waals surface area contributed by atoms with E-state index in [1.807, 2.05) is 0 Å². The Labute approximate surface area is 219 Å². The maximum Gasteiger partial charge on any atom is 0.317 e. The summed E-state index contributed by atoms with van der Waals surface area (Å²) < 4.78 is 0. The van der Waals surface area contributed by atoms with Crippen molar-refractivity contribution in [2.45, 2.75) is 50.2 Å². The standard InChI is InChI=1S/C25H35N3O10/c29-21(30)12-26(13-22(31)32)18(10-17-6-2-1-3-7-17)11-27(14-23(33)34)19-8-4-5-9-20(19)28(15-24(35)36)16-25(37)38/h1-3,6-7,18-20H,4-5,8-16H2,(H,29,30)(H,31,32)(H,33,34)(H,35,36)(H,37,38)/t18-,19-,20-/m1/s1. The first kappa shape index (κ1) is 30.7. The van der Waals surface area contributed by atoms with E-state index in [9.17, 15) is 49.5 Å². The summed E-state index contributed by atoms with van der Waals surface area (Å²) in [7, 11) is 0. The topological polar surface area (TPSA) is 196 Å². The average Bonchev–Trinajstić information content (AvgIpc) is 2.81. The SMILES string of the molecule is O=C(O)CN(CC(=O)O)[C@H](Cc1ccccc1)CN(CC(=O)O)[C@@H]1CCCC[C@H]1N(CC(=O)O)CC(=O)O. The lowest BCUT2D eigenvalue weighted by Gasteiger charge is -2.45. The quantitative estimate of drug-likeness (QED) is 0.181. The molecule has 1 aliphatic carbocycles. The van der Waals surface area contributed by atoms with Crippen molar-refractivity contribution in [3.05, 3.63) is 35.9 Å². The first-order chi connectivity index (χ1) is 18.0. The second kappa shape index (κ2) is 15.0. The van der Waals surface area contributed by atoms with Crippen LogP contribution in [0.1, 0.15) is 31.2 Å². The van der Waals surface area contributed by atoms with E-state index in [1.165, 1.54) is 9.80 Å². The molecule has 5 N–H and O–H groups in total. The molecule has 0 amide bonds. The largest absolute Gasteiger partial charge is 0.480 e. The molecular formula is C25H35N3O10. The third-order valence-corrected chi connectivity index (χ3v) is 6.60. The van der Waals surface area contributed by atoms with E-state index in [0.29, 0.717) is 25.7 Å². The molecule has 1 saturated carbocycles. The second-order valence-electron chi connectivity index (χ2n) is 9.47. The lowest BCUT2D eigenvalue weighted by molar-refractivity contribution is -0.146. The van der Waals surface area contributed by atoms with Gasteiger partial charge in [-0.2, -0.15) is 0 Å². The summed E-state index contributed by atoms with van der Waals surface area (Å²) >= 11 is 0. The van der Waals surface area contributed by atoms with Crippen molar-refractivity contribution in [3.63, 3.8) is 0 Å². The summed E-state index contributed by atoms with van der Waals surface area (Å²) in [6, 6.07) is 7.17. The molecule has 0 aliphatic heterocycles. The molecular weight excluding hydrogens is 502 g/mol. The van der Waals surface area contributed by atoms with Crippen molar-refractivity contribution in [2.24, 2.45) is 0 Å². The van der Waals surface area contributed by atoms with E-state index in [0.717, 1.165) is 5.56 Å². The molecule has 13 heteroatoms. The Balaban J connectivity index is 2.47. The Hall–Kier alpha value is -3.55. The molecule has 0 saturated heterocycles. The molecule has 210 valence electrons. The third kappa shape index (κ3) is 10.4. The van der Waals surface area contributed by atoms with Gasteiger partial charge in [0, 0.05) is 24.7 Å². The molecule has 3 atom stereocenters. The second-order valence-corrected chi connectivity index (χ2v) is 9.47. The van der Waals surface area contributed by atoms with Crippen LogP contribution in [0.5, 0.6) is 0 Å². The smallest absolute Gasteiger partial charge is 0.317 e. The molecule has 1 aliphatic rings. The number of hydrogen-bond donors (Lipinski definition) is 5. The van der Waals surface area contributed by atoms with Crippen LogP contribution >= 0.6 is 0 Å². The van der Waals surface area contributed by atoms with Crippen molar-refractivity contribution < 1.29 is 49.5 Å². The predicted molar refractivity (Wildman–Crippen MR) is 133 cm³/mol. The monoisotopic (exact) mass is 537 g/mol. The van der Waals surface area contributed by atoms with E-state index in [4.69, 9.17) is 0 Å². The zero-order chi connectivity index (χ0) is 28.2. The van der Waals surface area contributed by atoms with Crippen LogP contribution in [0.25, 0.3) is 0 Å². The molecule has 13 nitrogen and oxygen atoms in total. The van der Waals surface area contributed by atoms with Gasteiger partial charge in [0.05, 0.1) is 32.7 Å². The molecule has 0 heterocycles. The molecule has 1 fully saturated rings. The highest BCUT2D eigenvalue weighted by molar-refractivity contribution is 5.73. The molecule has 0 aromatic heterocycles. The number of aliphatic carboxylic acids is 5. The Morgan fingerprint density at radius 1 is 0.658 bits per heavy atom. The third-order valence-electron chi connectivity index (χ3n) is 6.60. The van der Waals surface area contributed by atoms with Crippen LogP contribution in [0.3, 0.4) is 0 Å².